The number of hydrogen-bond acceptors (Lipinski definition) is 1. The van der Waals surface area contributed by atoms with Crippen molar-refractivity contribution < 1.29 is 4.79 Å². The highest BCUT2D eigenvalue weighted by atomic mass is 16.2. The zero-order valence-corrected chi connectivity index (χ0v) is 10.4. The summed E-state index contributed by atoms with van der Waals surface area (Å²) in [5, 5.41) is 2.41. The first-order valence-electron chi connectivity index (χ1n) is 6.59. The zero-order valence-electron chi connectivity index (χ0n) is 10.4. The molecule has 0 radical (unpaired) electrons. The highest BCUT2D eigenvalue weighted by Crippen LogP contribution is 2.20. The van der Waals surface area contributed by atoms with Gasteiger partial charge in [0.25, 0.3) is 0 Å². The Kier molecular flexibility index (Phi) is 3.01. The third-order valence-electron chi connectivity index (χ3n) is 3.68. The molecule has 18 heavy (non-hydrogen) atoms. The monoisotopic (exact) mass is 239 g/mol. The summed E-state index contributed by atoms with van der Waals surface area (Å²) in [6.45, 7) is 1.87. The van der Waals surface area contributed by atoms with Gasteiger partial charge in [0.05, 0.1) is 6.42 Å². The quantitative estimate of drug-likeness (QED) is 0.789. The summed E-state index contributed by atoms with van der Waals surface area (Å²) in [5.74, 6) is 0.267. The van der Waals surface area contributed by atoms with Crippen LogP contribution in [0.3, 0.4) is 0 Å². The minimum Gasteiger partial charge on any atom is -0.342 e. The van der Waals surface area contributed by atoms with Crippen LogP contribution >= 0.6 is 0 Å². The fourth-order valence-electron chi connectivity index (χ4n) is 2.69. The molecule has 0 bridgehead atoms. The molecule has 1 aliphatic rings. The van der Waals surface area contributed by atoms with Crippen molar-refractivity contribution in [2.45, 2.75) is 19.3 Å². The summed E-state index contributed by atoms with van der Waals surface area (Å²) in [5.41, 5.74) is 1.14. The van der Waals surface area contributed by atoms with E-state index >= 15 is 0 Å². The molecule has 1 aliphatic heterocycles. The van der Waals surface area contributed by atoms with Crippen LogP contribution in [-0.4, -0.2) is 23.9 Å². The first-order valence-corrected chi connectivity index (χ1v) is 6.59. The molecular weight excluding hydrogens is 222 g/mol. The van der Waals surface area contributed by atoms with Crippen LogP contribution in [0.5, 0.6) is 0 Å². The number of hydrogen-bond donors (Lipinski definition) is 0. The smallest absolute Gasteiger partial charge is 0.227 e. The Balaban J connectivity index is 1.88. The maximum absolute atomic E-state index is 12.2. The van der Waals surface area contributed by atoms with Gasteiger partial charge in [-0.15, -0.1) is 0 Å². The van der Waals surface area contributed by atoms with E-state index in [1.807, 2.05) is 23.1 Å². The molecule has 0 aliphatic carbocycles. The van der Waals surface area contributed by atoms with Gasteiger partial charge in [0.2, 0.25) is 5.91 Å². The molecule has 2 aromatic carbocycles. The SMILES string of the molecule is O=C(Cc1cccc2ccccc12)N1CCCC1. The van der Waals surface area contributed by atoms with Gasteiger partial charge in [-0.1, -0.05) is 42.5 Å². The second-order valence-electron chi connectivity index (χ2n) is 4.90. The molecule has 0 N–H and O–H groups in total. The minimum absolute atomic E-state index is 0.267. The Hall–Kier alpha value is -1.83. The Labute approximate surface area is 107 Å². The Bertz CT molecular complexity index is 565. The van der Waals surface area contributed by atoms with Crippen molar-refractivity contribution in [3.05, 3.63) is 48.0 Å². The van der Waals surface area contributed by atoms with Gasteiger partial charge in [-0.3, -0.25) is 4.79 Å². The highest BCUT2D eigenvalue weighted by molar-refractivity contribution is 5.90. The van der Waals surface area contributed by atoms with Gasteiger partial charge in [0, 0.05) is 13.1 Å². The van der Waals surface area contributed by atoms with Crippen LogP contribution < -0.4 is 0 Å². The van der Waals surface area contributed by atoms with Crippen LogP contribution in [0.25, 0.3) is 10.8 Å². The first-order chi connectivity index (χ1) is 8.84. The van der Waals surface area contributed by atoms with E-state index in [9.17, 15) is 4.79 Å². The Morgan fingerprint density at radius 3 is 2.56 bits per heavy atom. The molecule has 1 heterocycles. The lowest BCUT2D eigenvalue weighted by Crippen LogP contribution is -2.29. The van der Waals surface area contributed by atoms with Gasteiger partial charge in [-0.25, -0.2) is 0 Å². The van der Waals surface area contributed by atoms with Crippen LogP contribution in [0, 0.1) is 0 Å². The van der Waals surface area contributed by atoms with Crippen molar-refractivity contribution in [3.63, 3.8) is 0 Å². The van der Waals surface area contributed by atoms with E-state index in [0.29, 0.717) is 6.42 Å². The average Bonchev–Trinajstić information content (AvgIpc) is 2.93. The lowest BCUT2D eigenvalue weighted by atomic mass is 10.0. The third-order valence-corrected chi connectivity index (χ3v) is 3.68. The number of amides is 1. The van der Waals surface area contributed by atoms with E-state index in [4.69, 9.17) is 0 Å². The van der Waals surface area contributed by atoms with Crippen molar-refractivity contribution in [3.8, 4) is 0 Å². The Morgan fingerprint density at radius 1 is 1.00 bits per heavy atom. The van der Waals surface area contributed by atoms with E-state index in [1.165, 1.54) is 10.8 Å². The lowest BCUT2D eigenvalue weighted by molar-refractivity contribution is -0.129. The van der Waals surface area contributed by atoms with Crippen molar-refractivity contribution >= 4 is 16.7 Å². The number of rotatable bonds is 2. The second kappa shape index (κ2) is 4.81. The molecule has 2 aromatic rings. The summed E-state index contributed by atoms with van der Waals surface area (Å²) >= 11 is 0. The van der Waals surface area contributed by atoms with Crippen LogP contribution in [0.15, 0.2) is 42.5 Å². The molecule has 1 amide bonds. The molecule has 2 nitrogen and oxygen atoms in total. The molecular formula is C16H17NO. The Morgan fingerprint density at radius 2 is 1.72 bits per heavy atom. The standard InChI is InChI=1S/C16H17NO/c18-16(17-10-3-4-11-17)12-14-8-5-7-13-6-1-2-9-15(13)14/h1-2,5-9H,3-4,10-12H2. The average molecular weight is 239 g/mol. The van der Waals surface area contributed by atoms with Gasteiger partial charge in [0.15, 0.2) is 0 Å². The highest BCUT2D eigenvalue weighted by Gasteiger charge is 2.18. The van der Waals surface area contributed by atoms with Crippen LogP contribution in [0.2, 0.25) is 0 Å². The number of carbonyl (C=O) groups excluding carboxylic acids is 1. The van der Waals surface area contributed by atoms with Crippen LogP contribution in [0.4, 0.5) is 0 Å². The minimum atomic E-state index is 0.267. The summed E-state index contributed by atoms with van der Waals surface area (Å²) in [6.07, 6.45) is 2.84. The molecule has 92 valence electrons. The van der Waals surface area contributed by atoms with Gasteiger partial charge in [0.1, 0.15) is 0 Å². The fraction of sp³-hybridized carbons (Fsp3) is 0.312. The summed E-state index contributed by atoms with van der Waals surface area (Å²) in [6, 6.07) is 14.5. The number of nitrogens with zero attached hydrogens (tertiary/aromatic N) is 1. The molecule has 0 saturated carbocycles. The number of benzene rings is 2. The summed E-state index contributed by atoms with van der Waals surface area (Å²) < 4.78 is 0. The van der Waals surface area contributed by atoms with Gasteiger partial charge in [-0.2, -0.15) is 0 Å². The lowest BCUT2D eigenvalue weighted by Gasteiger charge is -2.15. The molecule has 1 fully saturated rings. The zero-order chi connectivity index (χ0) is 12.4. The maximum atomic E-state index is 12.2. The van der Waals surface area contributed by atoms with Gasteiger partial charge < -0.3 is 4.90 Å². The largest absolute Gasteiger partial charge is 0.342 e. The van der Waals surface area contributed by atoms with Crippen molar-refractivity contribution in [2.75, 3.05) is 13.1 Å². The fourth-order valence-corrected chi connectivity index (χ4v) is 2.69. The van der Waals surface area contributed by atoms with Crippen molar-refractivity contribution in [1.29, 1.82) is 0 Å². The number of fused-ring (bicyclic) bond motifs is 1. The molecule has 0 aromatic heterocycles. The molecule has 1 saturated heterocycles. The molecule has 0 spiro atoms. The van der Waals surface area contributed by atoms with Crippen molar-refractivity contribution in [2.24, 2.45) is 0 Å². The molecule has 3 rings (SSSR count). The van der Waals surface area contributed by atoms with E-state index < -0.39 is 0 Å². The van der Waals surface area contributed by atoms with Crippen molar-refractivity contribution in [1.82, 2.24) is 4.90 Å². The summed E-state index contributed by atoms with van der Waals surface area (Å²) in [7, 11) is 0. The van der Waals surface area contributed by atoms with Gasteiger partial charge >= 0.3 is 0 Å². The molecule has 0 unspecified atom stereocenters. The third kappa shape index (κ3) is 2.10. The van der Waals surface area contributed by atoms with E-state index in [2.05, 4.69) is 24.3 Å². The predicted octanol–water partition coefficient (Wildman–Crippen LogP) is 3.00. The normalized spacial score (nSPS) is 15.2. The topological polar surface area (TPSA) is 20.3 Å². The van der Waals surface area contributed by atoms with Gasteiger partial charge in [-0.05, 0) is 29.2 Å². The molecule has 0 atom stereocenters. The number of carbonyl (C=O) groups is 1. The van der Waals surface area contributed by atoms with Crippen LogP contribution in [0.1, 0.15) is 18.4 Å². The van der Waals surface area contributed by atoms with E-state index in [0.717, 1.165) is 31.5 Å². The number of likely N-dealkylation sites (tertiary alicyclic amines) is 1. The maximum Gasteiger partial charge on any atom is 0.227 e. The summed E-state index contributed by atoms with van der Waals surface area (Å²) in [4.78, 5) is 14.2. The second-order valence-corrected chi connectivity index (χ2v) is 4.90. The van der Waals surface area contributed by atoms with E-state index in [-0.39, 0.29) is 5.91 Å². The molecule has 2 heteroatoms. The first kappa shape index (κ1) is 11.3. The van der Waals surface area contributed by atoms with E-state index in [1.54, 1.807) is 0 Å². The van der Waals surface area contributed by atoms with Crippen LogP contribution in [-0.2, 0) is 11.2 Å². The predicted molar refractivity (Wildman–Crippen MR) is 73.5 cm³/mol.